The monoisotopic (exact) mass is 227 g/mol. The molecule has 0 radical (unpaired) electrons. The van der Waals surface area contributed by atoms with E-state index in [1.807, 2.05) is 11.8 Å². The van der Waals surface area contributed by atoms with E-state index in [9.17, 15) is 4.79 Å². The topological polar surface area (TPSA) is 49.6 Å². The van der Waals surface area contributed by atoms with Crippen molar-refractivity contribution in [2.45, 2.75) is 45.7 Å². The summed E-state index contributed by atoms with van der Waals surface area (Å²) in [5.74, 6) is 0.117. The van der Waals surface area contributed by atoms with Crippen LogP contribution in [0.3, 0.4) is 0 Å². The quantitative estimate of drug-likeness (QED) is 0.768. The molecule has 1 aliphatic rings. The molecule has 2 N–H and O–H groups in total. The molecule has 94 valence electrons. The molecule has 2 atom stereocenters. The number of amides is 1. The number of nitrogens with zero attached hydrogens (tertiary/aromatic N) is 2. The van der Waals surface area contributed by atoms with Gasteiger partial charge in [-0.15, -0.1) is 0 Å². The Bertz CT molecular complexity index is 224. The molecule has 16 heavy (non-hydrogen) atoms. The number of carbonyl (C=O) groups excluding carboxylic acids is 1. The summed E-state index contributed by atoms with van der Waals surface area (Å²) in [5, 5.41) is 0. The molecular weight excluding hydrogens is 202 g/mol. The Morgan fingerprint density at radius 3 is 2.19 bits per heavy atom. The van der Waals surface area contributed by atoms with Gasteiger partial charge in [-0.3, -0.25) is 9.69 Å². The van der Waals surface area contributed by atoms with Gasteiger partial charge in [-0.25, -0.2) is 0 Å². The third kappa shape index (κ3) is 3.19. The second-order valence-corrected chi connectivity index (χ2v) is 4.63. The van der Waals surface area contributed by atoms with Crippen LogP contribution in [0.15, 0.2) is 0 Å². The number of carbonyl (C=O) groups is 1. The summed E-state index contributed by atoms with van der Waals surface area (Å²) < 4.78 is 0. The molecule has 0 aromatic heterocycles. The summed E-state index contributed by atoms with van der Waals surface area (Å²) in [6.07, 6.45) is 1.90. The van der Waals surface area contributed by atoms with Gasteiger partial charge >= 0.3 is 0 Å². The van der Waals surface area contributed by atoms with Crippen LogP contribution in [0.2, 0.25) is 0 Å². The number of piperazine rings is 1. The molecule has 1 amide bonds. The summed E-state index contributed by atoms with van der Waals surface area (Å²) in [6, 6.07) is 0.312. The first-order chi connectivity index (χ1) is 7.60. The Morgan fingerprint density at radius 1 is 1.19 bits per heavy atom. The second-order valence-electron chi connectivity index (χ2n) is 4.63. The molecule has 0 spiro atoms. The van der Waals surface area contributed by atoms with Crippen molar-refractivity contribution in [1.82, 2.24) is 9.80 Å². The van der Waals surface area contributed by atoms with Crippen molar-refractivity contribution < 1.29 is 4.79 Å². The molecule has 4 nitrogen and oxygen atoms in total. The van der Waals surface area contributed by atoms with E-state index in [1.54, 1.807) is 0 Å². The van der Waals surface area contributed by atoms with Gasteiger partial charge in [0.2, 0.25) is 5.91 Å². The maximum atomic E-state index is 11.9. The summed E-state index contributed by atoms with van der Waals surface area (Å²) in [5.41, 5.74) is 5.76. The molecule has 1 aliphatic heterocycles. The van der Waals surface area contributed by atoms with Gasteiger partial charge in [-0.05, 0) is 19.8 Å². The van der Waals surface area contributed by atoms with Gasteiger partial charge in [0.1, 0.15) is 0 Å². The van der Waals surface area contributed by atoms with Gasteiger partial charge in [0.05, 0.1) is 6.04 Å². The van der Waals surface area contributed by atoms with Gasteiger partial charge < -0.3 is 10.6 Å². The summed E-state index contributed by atoms with van der Waals surface area (Å²) >= 11 is 0. The van der Waals surface area contributed by atoms with Crippen molar-refractivity contribution in [1.29, 1.82) is 0 Å². The molecule has 1 rings (SSSR count). The Balaban J connectivity index is 2.40. The van der Waals surface area contributed by atoms with Crippen LogP contribution in [0.5, 0.6) is 0 Å². The van der Waals surface area contributed by atoms with Gasteiger partial charge in [-0.1, -0.05) is 13.8 Å². The molecular formula is C12H25N3O. The molecule has 0 aliphatic carbocycles. The Labute approximate surface area is 98.8 Å². The maximum Gasteiger partial charge on any atom is 0.239 e. The highest BCUT2D eigenvalue weighted by Gasteiger charge is 2.25. The highest BCUT2D eigenvalue weighted by molar-refractivity contribution is 5.81. The van der Waals surface area contributed by atoms with Crippen molar-refractivity contribution in [3.8, 4) is 0 Å². The molecule has 0 bridgehead atoms. The molecule has 1 unspecified atom stereocenters. The van der Waals surface area contributed by atoms with Crippen LogP contribution >= 0.6 is 0 Å². The normalized spacial score (nSPS) is 21.9. The van der Waals surface area contributed by atoms with E-state index in [1.165, 1.54) is 6.42 Å². The SMILES string of the molecule is CCC(C)N1CCN(C(=O)[C@@H](N)CC)CC1. The fourth-order valence-corrected chi connectivity index (χ4v) is 2.05. The second kappa shape index (κ2) is 6.21. The minimum Gasteiger partial charge on any atom is -0.339 e. The van der Waals surface area contributed by atoms with Gasteiger partial charge in [0.25, 0.3) is 0 Å². The lowest BCUT2D eigenvalue weighted by atomic mass is 10.1. The Morgan fingerprint density at radius 2 is 1.75 bits per heavy atom. The first kappa shape index (κ1) is 13.5. The first-order valence-electron chi connectivity index (χ1n) is 6.38. The third-order valence-corrected chi connectivity index (χ3v) is 3.60. The van der Waals surface area contributed by atoms with Crippen LogP contribution in [0.1, 0.15) is 33.6 Å². The number of hydrogen-bond donors (Lipinski definition) is 1. The average molecular weight is 227 g/mol. The number of nitrogens with two attached hydrogens (primary N) is 1. The molecule has 1 heterocycles. The van der Waals surface area contributed by atoms with E-state index in [0.29, 0.717) is 6.04 Å². The van der Waals surface area contributed by atoms with E-state index in [4.69, 9.17) is 5.73 Å². The summed E-state index contributed by atoms with van der Waals surface area (Å²) in [7, 11) is 0. The minimum absolute atomic E-state index is 0.117. The van der Waals surface area contributed by atoms with Crippen molar-refractivity contribution >= 4 is 5.91 Å². The van der Waals surface area contributed by atoms with Crippen molar-refractivity contribution in [3.05, 3.63) is 0 Å². The van der Waals surface area contributed by atoms with Gasteiger partial charge in [0.15, 0.2) is 0 Å². The Hall–Kier alpha value is -0.610. The largest absolute Gasteiger partial charge is 0.339 e. The van der Waals surface area contributed by atoms with Gasteiger partial charge in [0, 0.05) is 32.2 Å². The fraction of sp³-hybridized carbons (Fsp3) is 0.917. The number of rotatable bonds is 4. The predicted octanol–water partition coefficient (Wildman–Crippen LogP) is 0.666. The summed E-state index contributed by atoms with van der Waals surface area (Å²) in [6.45, 7) is 10.0. The molecule has 0 aromatic rings. The molecule has 1 fully saturated rings. The summed E-state index contributed by atoms with van der Waals surface area (Å²) in [4.78, 5) is 16.2. The Kier molecular flexibility index (Phi) is 5.22. The van der Waals surface area contributed by atoms with Crippen LogP contribution in [-0.4, -0.2) is 54.0 Å². The van der Waals surface area contributed by atoms with Gasteiger partial charge in [-0.2, -0.15) is 0 Å². The zero-order chi connectivity index (χ0) is 12.1. The molecule has 1 saturated heterocycles. The zero-order valence-corrected chi connectivity index (χ0v) is 10.8. The highest BCUT2D eigenvalue weighted by atomic mass is 16.2. The molecule has 0 saturated carbocycles. The van der Waals surface area contributed by atoms with E-state index in [2.05, 4.69) is 18.7 Å². The van der Waals surface area contributed by atoms with E-state index < -0.39 is 0 Å². The van der Waals surface area contributed by atoms with Crippen LogP contribution in [0, 0.1) is 0 Å². The van der Waals surface area contributed by atoms with Crippen LogP contribution < -0.4 is 5.73 Å². The average Bonchev–Trinajstić information content (AvgIpc) is 2.36. The smallest absolute Gasteiger partial charge is 0.239 e. The molecule has 0 aromatic carbocycles. The minimum atomic E-state index is -0.310. The van der Waals surface area contributed by atoms with Crippen molar-refractivity contribution in [2.24, 2.45) is 5.73 Å². The van der Waals surface area contributed by atoms with Crippen molar-refractivity contribution in [3.63, 3.8) is 0 Å². The lowest BCUT2D eigenvalue weighted by Crippen LogP contribution is -2.54. The highest BCUT2D eigenvalue weighted by Crippen LogP contribution is 2.09. The first-order valence-corrected chi connectivity index (χ1v) is 6.38. The standard InChI is InChI=1S/C12H25N3O/c1-4-10(3)14-6-8-15(9-7-14)12(16)11(13)5-2/h10-11H,4-9,13H2,1-3H3/t10?,11-/m0/s1. The van der Waals surface area contributed by atoms with E-state index in [0.717, 1.165) is 32.6 Å². The van der Waals surface area contributed by atoms with E-state index in [-0.39, 0.29) is 11.9 Å². The lowest BCUT2D eigenvalue weighted by Gasteiger charge is -2.38. The fourth-order valence-electron chi connectivity index (χ4n) is 2.05. The predicted molar refractivity (Wildman–Crippen MR) is 66.2 cm³/mol. The third-order valence-electron chi connectivity index (χ3n) is 3.60. The number of hydrogen-bond acceptors (Lipinski definition) is 3. The van der Waals surface area contributed by atoms with Crippen LogP contribution in [-0.2, 0) is 4.79 Å². The van der Waals surface area contributed by atoms with E-state index >= 15 is 0 Å². The maximum absolute atomic E-state index is 11.9. The van der Waals surface area contributed by atoms with Crippen LogP contribution in [0.4, 0.5) is 0 Å². The molecule has 4 heteroatoms. The van der Waals surface area contributed by atoms with Crippen LogP contribution in [0.25, 0.3) is 0 Å². The lowest BCUT2D eigenvalue weighted by molar-refractivity contribution is -0.134. The zero-order valence-electron chi connectivity index (χ0n) is 10.8. The van der Waals surface area contributed by atoms with Crippen molar-refractivity contribution in [2.75, 3.05) is 26.2 Å².